The molecule has 1 heterocycles. The molecule has 138 valence electrons. The van der Waals surface area contributed by atoms with Gasteiger partial charge in [0.25, 0.3) is 0 Å². The Bertz CT molecular complexity index is 503. The predicted molar refractivity (Wildman–Crippen MR) is 99.5 cm³/mol. The molecule has 1 aliphatic rings. The van der Waals surface area contributed by atoms with E-state index in [9.17, 15) is 13.2 Å². The van der Waals surface area contributed by atoms with Gasteiger partial charge in [0.1, 0.15) is 0 Å². The van der Waals surface area contributed by atoms with E-state index in [1.165, 1.54) is 0 Å². The van der Waals surface area contributed by atoms with Crippen molar-refractivity contribution in [3.05, 3.63) is 42.0 Å². The van der Waals surface area contributed by atoms with E-state index in [4.69, 9.17) is 0 Å². The summed E-state index contributed by atoms with van der Waals surface area (Å²) >= 11 is -0.0705. The molecule has 1 fully saturated rings. The average Bonchev–Trinajstić information content (AvgIpc) is 2.45. The Morgan fingerprint density at radius 1 is 1.21 bits per heavy atom. The Balaban J connectivity index is 0.00000264. The third-order valence-corrected chi connectivity index (χ3v) is 4.37. The molecular weight excluding hydrogens is 380 g/mol. The minimum atomic E-state index is -4.24. The van der Waals surface area contributed by atoms with Gasteiger partial charge in [0.2, 0.25) is 0 Å². The summed E-state index contributed by atoms with van der Waals surface area (Å²) in [7, 11) is 0. The normalized spacial score (nSPS) is 16.7. The molecule has 2 nitrogen and oxygen atoms in total. The van der Waals surface area contributed by atoms with Gasteiger partial charge in [0.05, 0.1) is 0 Å². The topological polar surface area (TPSA) is 15.3 Å². The molecule has 0 spiro atoms. The fraction of sp³-hybridized carbons (Fsp3) is 0.500. The number of thioether (sulfide) groups is 1. The molecule has 0 radical (unpaired) electrons. The summed E-state index contributed by atoms with van der Waals surface area (Å²) in [6.45, 7) is 9.74. The summed E-state index contributed by atoms with van der Waals surface area (Å²) in [6, 6.07) is 6.92. The number of piperazine rings is 1. The highest BCUT2D eigenvalue weighted by atomic mass is 35.5. The van der Waals surface area contributed by atoms with Gasteiger partial charge < -0.3 is 5.32 Å². The van der Waals surface area contributed by atoms with Crippen LogP contribution < -0.4 is 5.32 Å². The van der Waals surface area contributed by atoms with Crippen molar-refractivity contribution in [2.45, 2.75) is 29.8 Å². The lowest BCUT2D eigenvalue weighted by Crippen LogP contribution is -2.45. The fourth-order valence-corrected chi connectivity index (χ4v) is 3.21. The molecular formula is C16H23Cl2F3N2S. The zero-order chi connectivity index (χ0) is 16.2. The maximum absolute atomic E-state index is 12.4. The monoisotopic (exact) mass is 402 g/mol. The van der Waals surface area contributed by atoms with Crippen LogP contribution in [0.2, 0.25) is 0 Å². The van der Waals surface area contributed by atoms with E-state index < -0.39 is 5.51 Å². The first-order chi connectivity index (χ1) is 10.3. The van der Waals surface area contributed by atoms with E-state index in [1.54, 1.807) is 12.1 Å². The molecule has 1 atom stereocenters. The van der Waals surface area contributed by atoms with E-state index in [0.717, 1.165) is 43.7 Å². The van der Waals surface area contributed by atoms with Crippen molar-refractivity contribution in [2.75, 3.05) is 26.2 Å². The Hall–Kier alpha value is -0.400. The highest BCUT2D eigenvalue weighted by Gasteiger charge is 2.29. The van der Waals surface area contributed by atoms with Crippen LogP contribution in [-0.4, -0.2) is 36.6 Å². The van der Waals surface area contributed by atoms with Crippen molar-refractivity contribution in [3.8, 4) is 0 Å². The number of nitrogens with zero attached hydrogens (tertiary/aromatic N) is 1. The minimum absolute atomic E-state index is 0. The van der Waals surface area contributed by atoms with Crippen molar-refractivity contribution in [1.82, 2.24) is 10.2 Å². The smallest absolute Gasteiger partial charge is 0.314 e. The van der Waals surface area contributed by atoms with Crippen LogP contribution in [0.3, 0.4) is 0 Å². The van der Waals surface area contributed by atoms with Gasteiger partial charge in [-0.25, -0.2) is 0 Å². The van der Waals surface area contributed by atoms with Gasteiger partial charge in [-0.3, -0.25) is 4.90 Å². The Morgan fingerprint density at radius 3 is 2.21 bits per heavy atom. The summed E-state index contributed by atoms with van der Waals surface area (Å²) in [5.74, 6) is 0. The highest BCUT2D eigenvalue weighted by molar-refractivity contribution is 8.00. The van der Waals surface area contributed by atoms with Crippen LogP contribution in [0, 0.1) is 0 Å². The average molecular weight is 403 g/mol. The van der Waals surface area contributed by atoms with Gasteiger partial charge >= 0.3 is 5.51 Å². The molecule has 0 aliphatic carbocycles. The van der Waals surface area contributed by atoms with Gasteiger partial charge in [-0.1, -0.05) is 17.7 Å². The van der Waals surface area contributed by atoms with E-state index in [2.05, 4.69) is 16.8 Å². The van der Waals surface area contributed by atoms with Crippen molar-refractivity contribution in [1.29, 1.82) is 0 Å². The van der Waals surface area contributed by atoms with Gasteiger partial charge in [-0.15, -0.1) is 31.4 Å². The number of rotatable bonds is 5. The Labute approximate surface area is 158 Å². The highest BCUT2D eigenvalue weighted by Crippen LogP contribution is 2.37. The number of alkyl halides is 3. The fourth-order valence-electron chi connectivity index (χ4n) is 2.67. The standard InChI is InChI=1S/C16H21F3N2S.2ClH/c1-12(2)11-15(21-9-7-20-8-10-21)13-3-5-14(6-4-13)22-16(17,18)19;;/h3-6,15,20H,1,7-11H2,2H3;2*1H/t15-;;/m0../s1. The van der Waals surface area contributed by atoms with Crippen LogP contribution in [0.15, 0.2) is 41.3 Å². The van der Waals surface area contributed by atoms with Gasteiger partial charge in [-0.2, -0.15) is 13.2 Å². The first-order valence-electron chi connectivity index (χ1n) is 7.30. The van der Waals surface area contributed by atoms with Gasteiger partial charge in [0.15, 0.2) is 0 Å². The molecule has 8 heteroatoms. The lowest BCUT2D eigenvalue weighted by molar-refractivity contribution is -0.0328. The van der Waals surface area contributed by atoms with Crippen LogP contribution in [-0.2, 0) is 0 Å². The quantitative estimate of drug-likeness (QED) is 0.547. The Morgan fingerprint density at radius 2 is 1.75 bits per heavy atom. The third kappa shape index (κ3) is 7.66. The lowest BCUT2D eigenvalue weighted by Gasteiger charge is -2.35. The SMILES string of the molecule is C=C(C)C[C@@H](c1ccc(SC(F)(F)F)cc1)N1CCNCC1.Cl.Cl. The lowest BCUT2D eigenvalue weighted by atomic mass is 9.98. The molecule has 1 aliphatic heterocycles. The number of hydrogen-bond acceptors (Lipinski definition) is 3. The van der Waals surface area contributed by atoms with Crippen molar-refractivity contribution in [3.63, 3.8) is 0 Å². The van der Waals surface area contributed by atoms with Gasteiger partial charge in [0, 0.05) is 37.1 Å². The second-order valence-corrected chi connectivity index (χ2v) is 6.72. The summed E-state index contributed by atoms with van der Waals surface area (Å²) in [6.07, 6.45) is 0.825. The first-order valence-corrected chi connectivity index (χ1v) is 8.11. The van der Waals surface area contributed by atoms with E-state index in [1.807, 2.05) is 19.1 Å². The number of hydrogen-bond donors (Lipinski definition) is 1. The molecule has 1 aromatic rings. The number of halogens is 5. The van der Waals surface area contributed by atoms with E-state index in [-0.39, 0.29) is 47.5 Å². The second kappa shape index (κ2) is 10.6. The molecule has 1 aromatic carbocycles. The molecule has 1 N–H and O–H groups in total. The molecule has 2 rings (SSSR count). The zero-order valence-corrected chi connectivity index (χ0v) is 15.9. The summed E-state index contributed by atoms with van der Waals surface area (Å²) in [5, 5.41) is 3.32. The van der Waals surface area contributed by atoms with Crippen molar-refractivity contribution < 1.29 is 13.2 Å². The number of nitrogens with one attached hydrogen (secondary N) is 1. The van der Waals surface area contributed by atoms with Gasteiger partial charge in [-0.05, 0) is 42.8 Å². The van der Waals surface area contributed by atoms with Crippen LogP contribution in [0.1, 0.15) is 24.9 Å². The molecule has 24 heavy (non-hydrogen) atoms. The van der Waals surface area contributed by atoms with E-state index >= 15 is 0 Å². The van der Waals surface area contributed by atoms with Crippen LogP contribution in [0.25, 0.3) is 0 Å². The maximum atomic E-state index is 12.4. The molecule has 0 saturated carbocycles. The Kier molecular flexibility index (Phi) is 10.4. The zero-order valence-electron chi connectivity index (χ0n) is 13.4. The largest absolute Gasteiger partial charge is 0.446 e. The molecule has 0 unspecified atom stereocenters. The summed E-state index contributed by atoms with van der Waals surface area (Å²) < 4.78 is 37.2. The van der Waals surface area contributed by atoms with Crippen molar-refractivity contribution >= 4 is 36.6 Å². The van der Waals surface area contributed by atoms with Crippen molar-refractivity contribution in [2.24, 2.45) is 0 Å². The molecule has 1 saturated heterocycles. The minimum Gasteiger partial charge on any atom is -0.314 e. The third-order valence-electron chi connectivity index (χ3n) is 3.63. The maximum Gasteiger partial charge on any atom is 0.446 e. The molecule has 0 amide bonds. The number of benzene rings is 1. The molecule has 0 bridgehead atoms. The summed E-state index contributed by atoms with van der Waals surface area (Å²) in [5.41, 5.74) is -2.11. The predicted octanol–water partition coefficient (Wildman–Crippen LogP) is 5.05. The summed E-state index contributed by atoms with van der Waals surface area (Å²) in [4.78, 5) is 2.60. The first kappa shape index (κ1) is 23.6. The van der Waals surface area contributed by atoms with Crippen LogP contribution in [0.5, 0.6) is 0 Å². The van der Waals surface area contributed by atoms with Crippen LogP contribution >= 0.6 is 36.6 Å². The second-order valence-electron chi connectivity index (χ2n) is 5.58. The molecule has 0 aromatic heterocycles. The van der Waals surface area contributed by atoms with Crippen LogP contribution in [0.4, 0.5) is 13.2 Å². The van der Waals surface area contributed by atoms with E-state index in [0.29, 0.717) is 0 Å².